The number of benzene rings is 3. The van der Waals surface area contributed by atoms with Gasteiger partial charge in [0.15, 0.2) is 5.42 Å². The van der Waals surface area contributed by atoms with E-state index in [9.17, 15) is 0 Å². The van der Waals surface area contributed by atoms with Gasteiger partial charge in [-0.1, -0.05) is 49.0 Å². The van der Waals surface area contributed by atoms with Gasteiger partial charge >= 0.3 is 5.68 Å². The third-order valence-corrected chi connectivity index (χ3v) is 5.75. The van der Waals surface area contributed by atoms with E-state index >= 15 is 0 Å². The van der Waals surface area contributed by atoms with Gasteiger partial charge in [-0.25, -0.2) is 0 Å². The Morgan fingerprint density at radius 1 is 0.839 bits per heavy atom. The van der Waals surface area contributed by atoms with Crippen LogP contribution in [0.2, 0.25) is 0 Å². The Hall–Kier alpha value is -3.79. The van der Waals surface area contributed by atoms with Crippen molar-refractivity contribution in [1.82, 2.24) is 9.13 Å². The number of fused-ring (bicyclic) bond motifs is 3. The van der Waals surface area contributed by atoms with Crippen LogP contribution >= 0.6 is 0 Å². The van der Waals surface area contributed by atoms with E-state index < -0.39 is 0 Å². The zero-order valence-electron chi connectivity index (χ0n) is 17.9. The zero-order chi connectivity index (χ0) is 21.4. The third-order valence-electron chi connectivity index (χ3n) is 5.75. The molecule has 31 heavy (non-hydrogen) atoms. The molecule has 5 aromatic rings. The lowest BCUT2D eigenvalue weighted by Crippen LogP contribution is -2.30. The highest BCUT2D eigenvalue weighted by atomic mass is 16.3. The van der Waals surface area contributed by atoms with Crippen LogP contribution in [0.1, 0.15) is 19.4 Å². The molecular weight excluding hydrogens is 382 g/mol. The normalized spacial score (nSPS) is 13.0. The number of hydrogen-bond acceptors (Lipinski definition) is 2. The van der Waals surface area contributed by atoms with E-state index in [0.717, 1.165) is 35.1 Å². The minimum atomic E-state index is 0.564. The lowest BCUT2D eigenvalue weighted by molar-refractivity contribution is 0.446. The Morgan fingerprint density at radius 2 is 1.55 bits per heavy atom. The molecule has 0 unspecified atom stereocenters. The van der Waals surface area contributed by atoms with Crippen LogP contribution in [0.5, 0.6) is 0 Å². The fourth-order valence-corrected chi connectivity index (χ4v) is 4.25. The first-order valence-corrected chi connectivity index (χ1v) is 10.7. The van der Waals surface area contributed by atoms with E-state index in [2.05, 4.69) is 78.5 Å². The van der Waals surface area contributed by atoms with Gasteiger partial charge in [0, 0.05) is 34.9 Å². The van der Waals surface area contributed by atoms with Crippen molar-refractivity contribution in [3.8, 4) is 0 Å². The lowest BCUT2D eigenvalue weighted by atomic mass is 10.1. The van der Waals surface area contributed by atoms with Crippen LogP contribution in [0.25, 0.3) is 34.5 Å². The smallest absolute Gasteiger partial charge is 0.302 e. The minimum Gasteiger partial charge on any atom is -0.423 e. The van der Waals surface area contributed by atoms with E-state index in [0.29, 0.717) is 5.68 Å². The van der Waals surface area contributed by atoms with E-state index in [1.54, 1.807) is 0 Å². The Kier molecular flexibility index (Phi) is 4.83. The van der Waals surface area contributed by atoms with Gasteiger partial charge < -0.3 is 8.98 Å². The molecule has 0 saturated heterocycles. The van der Waals surface area contributed by atoms with Crippen LogP contribution in [0.3, 0.4) is 0 Å². The van der Waals surface area contributed by atoms with Crippen LogP contribution in [-0.4, -0.2) is 9.13 Å². The second kappa shape index (κ2) is 7.80. The maximum atomic E-state index is 6.14. The van der Waals surface area contributed by atoms with E-state index in [1.165, 1.54) is 21.8 Å². The summed E-state index contributed by atoms with van der Waals surface area (Å²) in [4.78, 5) is 4.67. The number of aromatic nitrogens is 2. The Balaban J connectivity index is 1.70. The molecule has 0 bridgehead atoms. The number of nitrogens with zero attached hydrogens (tertiary/aromatic N) is 3. The Morgan fingerprint density at radius 3 is 2.32 bits per heavy atom. The molecule has 2 aromatic heterocycles. The molecule has 0 saturated carbocycles. The highest BCUT2D eigenvalue weighted by Crippen LogP contribution is 2.29. The van der Waals surface area contributed by atoms with Gasteiger partial charge in [-0.05, 0) is 55.8 Å². The van der Waals surface area contributed by atoms with E-state index in [-0.39, 0.29) is 0 Å². The van der Waals surface area contributed by atoms with Crippen molar-refractivity contribution >= 4 is 40.1 Å². The summed E-state index contributed by atoms with van der Waals surface area (Å²) in [6, 6.07) is 25.0. The standard InChI is InChI=1S/C27H25N3O/c1-4-29-19(3)26(31-27(29)28-21-11-7-6-8-12-21)18-20-15-16-25-23(17-20)22-13-9-10-14-24(22)30(25)5-2/h6-18H,3-5H2,1-2H3/b26-18+,28-27+. The van der Waals surface area contributed by atoms with Gasteiger partial charge in [-0.15, -0.1) is 0 Å². The van der Waals surface area contributed by atoms with Crippen molar-refractivity contribution in [2.24, 2.45) is 4.99 Å². The number of para-hydroxylation sites is 2. The number of rotatable bonds is 4. The summed E-state index contributed by atoms with van der Waals surface area (Å²) in [6.07, 6.45) is 2.05. The average molecular weight is 408 g/mol. The highest BCUT2D eigenvalue weighted by molar-refractivity contribution is 6.08. The molecule has 154 valence electrons. The maximum Gasteiger partial charge on any atom is 0.302 e. The first-order valence-electron chi connectivity index (χ1n) is 10.7. The summed E-state index contributed by atoms with van der Waals surface area (Å²) in [5, 5.41) is 3.35. The van der Waals surface area contributed by atoms with Crippen molar-refractivity contribution in [2.45, 2.75) is 26.9 Å². The SMILES string of the molecule is C=c1/c(=C\c2ccc3c(c2)c2ccccc2n3CC)o/c(=N/c2ccccc2)n1CC. The molecule has 0 aliphatic rings. The van der Waals surface area contributed by atoms with Crippen molar-refractivity contribution in [1.29, 1.82) is 0 Å². The summed E-state index contributed by atoms with van der Waals surface area (Å²) < 4.78 is 10.5. The molecule has 0 aliphatic carbocycles. The van der Waals surface area contributed by atoms with Crippen LogP contribution < -0.4 is 16.4 Å². The predicted octanol–water partition coefficient (Wildman–Crippen LogP) is 4.70. The molecule has 0 aliphatic heterocycles. The second-order valence-electron chi connectivity index (χ2n) is 7.57. The molecule has 4 nitrogen and oxygen atoms in total. The largest absolute Gasteiger partial charge is 0.423 e. The Bertz CT molecular complexity index is 1570. The van der Waals surface area contributed by atoms with Crippen molar-refractivity contribution in [3.05, 3.63) is 94.8 Å². The average Bonchev–Trinajstić information content (AvgIpc) is 3.28. The Labute approximate surface area is 180 Å². The fourth-order valence-electron chi connectivity index (χ4n) is 4.25. The van der Waals surface area contributed by atoms with Crippen molar-refractivity contribution in [2.75, 3.05) is 0 Å². The first-order chi connectivity index (χ1) is 15.2. The van der Waals surface area contributed by atoms with Crippen LogP contribution in [-0.2, 0) is 13.1 Å². The quantitative estimate of drug-likeness (QED) is 0.425. The van der Waals surface area contributed by atoms with Crippen LogP contribution in [0.15, 0.2) is 82.2 Å². The molecule has 2 heterocycles. The van der Waals surface area contributed by atoms with Gasteiger partial charge in [-0.2, -0.15) is 4.99 Å². The molecule has 0 fully saturated rings. The summed E-state index contributed by atoms with van der Waals surface area (Å²) in [7, 11) is 0. The van der Waals surface area contributed by atoms with E-state index in [1.807, 2.05) is 34.9 Å². The molecule has 5 rings (SSSR count). The summed E-state index contributed by atoms with van der Waals surface area (Å²) in [5.41, 5.74) is 5.75. The maximum absolute atomic E-state index is 6.14. The van der Waals surface area contributed by atoms with E-state index in [4.69, 9.17) is 4.42 Å². The molecule has 3 aromatic carbocycles. The molecule has 0 spiro atoms. The minimum absolute atomic E-state index is 0.564. The topological polar surface area (TPSA) is 35.4 Å². The molecule has 0 atom stereocenters. The van der Waals surface area contributed by atoms with Gasteiger partial charge in [0.1, 0.15) is 0 Å². The number of hydrogen-bond donors (Lipinski definition) is 0. The molecular formula is C27H25N3O. The monoisotopic (exact) mass is 407 g/mol. The molecule has 0 radical (unpaired) electrons. The molecule has 4 heteroatoms. The predicted molar refractivity (Wildman–Crippen MR) is 127 cm³/mol. The highest BCUT2D eigenvalue weighted by Gasteiger charge is 2.09. The molecule has 0 N–H and O–H groups in total. The van der Waals surface area contributed by atoms with Crippen LogP contribution in [0, 0.1) is 0 Å². The second-order valence-corrected chi connectivity index (χ2v) is 7.57. The van der Waals surface area contributed by atoms with Gasteiger partial charge in [0.25, 0.3) is 0 Å². The number of aryl methyl sites for hydroxylation is 1. The van der Waals surface area contributed by atoms with Crippen molar-refractivity contribution in [3.63, 3.8) is 0 Å². The third kappa shape index (κ3) is 3.30. The summed E-state index contributed by atoms with van der Waals surface area (Å²) in [5.74, 6) is 0. The summed E-state index contributed by atoms with van der Waals surface area (Å²) >= 11 is 0. The first kappa shape index (κ1) is 19.2. The fraction of sp³-hybridized carbons (Fsp3) is 0.148. The lowest BCUT2D eigenvalue weighted by Gasteiger charge is -2.02. The van der Waals surface area contributed by atoms with Gasteiger partial charge in [-0.3, -0.25) is 4.57 Å². The zero-order valence-corrected chi connectivity index (χ0v) is 17.9. The van der Waals surface area contributed by atoms with Crippen LogP contribution in [0.4, 0.5) is 5.69 Å². The van der Waals surface area contributed by atoms with Gasteiger partial charge in [0.2, 0.25) is 0 Å². The number of oxazole rings is 1. The van der Waals surface area contributed by atoms with Gasteiger partial charge in [0.05, 0.1) is 11.0 Å². The van der Waals surface area contributed by atoms with Crippen molar-refractivity contribution < 1.29 is 4.42 Å². The summed E-state index contributed by atoms with van der Waals surface area (Å²) in [6.45, 7) is 10.2. The molecule has 0 amide bonds.